The van der Waals surface area contributed by atoms with Crippen LogP contribution in [0.25, 0.3) is 0 Å². The topological polar surface area (TPSA) is 26.0 Å². The van der Waals surface area contributed by atoms with Crippen LogP contribution in [-0.4, -0.2) is 6.54 Å². The van der Waals surface area contributed by atoms with Crippen LogP contribution in [0, 0.1) is 23.7 Å². The SMILES string of the molecule is CC(C)C1CCC(CN)C(Cc2ccc(Cl)cc2)C1. The highest BCUT2D eigenvalue weighted by Gasteiger charge is 2.30. The van der Waals surface area contributed by atoms with E-state index in [1.165, 1.54) is 24.8 Å². The number of nitrogens with two attached hydrogens (primary N) is 1. The minimum Gasteiger partial charge on any atom is -0.330 e. The molecule has 0 saturated heterocycles. The fourth-order valence-corrected chi connectivity index (χ4v) is 3.58. The summed E-state index contributed by atoms with van der Waals surface area (Å²) < 4.78 is 0. The Bertz CT molecular complexity index is 385. The molecule has 0 aromatic heterocycles. The van der Waals surface area contributed by atoms with E-state index in [1.807, 2.05) is 12.1 Å². The molecule has 1 nitrogen and oxygen atoms in total. The summed E-state index contributed by atoms with van der Waals surface area (Å²) in [7, 11) is 0. The molecule has 1 aliphatic carbocycles. The molecular weight excluding hydrogens is 254 g/mol. The molecule has 1 aromatic carbocycles. The Balaban J connectivity index is 2.03. The van der Waals surface area contributed by atoms with E-state index in [-0.39, 0.29) is 0 Å². The average Bonchev–Trinajstić information content (AvgIpc) is 2.41. The van der Waals surface area contributed by atoms with E-state index in [4.69, 9.17) is 17.3 Å². The molecule has 0 spiro atoms. The summed E-state index contributed by atoms with van der Waals surface area (Å²) >= 11 is 5.96. The lowest BCUT2D eigenvalue weighted by atomic mass is 9.69. The molecule has 0 bridgehead atoms. The first-order valence-electron chi connectivity index (χ1n) is 7.54. The van der Waals surface area contributed by atoms with Crippen LogP contribution in [0.2, 0.25) is 5.02 Å². The van der Waals surface area contributed by atoms with Crippen LogP contribution in [0.5, 0.6) is 0 Å². The van der Waals surface area contributed by atoms with Crippen molar-refractivity contribution in [3.8, 4) is 0 Å². The Kier molecular flexibility index (Phi) is 5.29. The molecule has 2 heteroatoms. The van der Waals surface area contributed by atoms with Gasteiger partial charge in [-0.05, 0) is 73.6 Å². The van der Waals surface area contributed by atoms with E-state index < -0.39 is 0 Å². The van der Waals surface area contributed by atoms with Crippen molar-refractivity contribution < 1.29 is 0 Å². The standard InChI is InChI=1S/C17H26ClN/c1-12(2)14-5-6-15(11-19)16(10-14)9-13-3-7-17(18)8-4-13/h3-4,7-8,12,14-16H,5-6,9-11,19H2,1-2H3. The van der Waals surface area contributed by atoms with Crippen molar-refractivity contribution in [3.63, 3.8) is 0 Å². The minimum absolute atomic E-state index is 0.700. The molecule has 0 heterocycles. The van der Waals surface area contributed by atoms with Crippen molar-refractivity contribution in [3.05, 3.63) is 34.9 Å². The summed E-state index contributed by atoms with van der Waals surface area (Å²) in [5, 5.41) is 0.822. The first kappa shape index (κ1) is 14.9. The molecule has 0 aliphatic heterocycles. The number of benzene rings is 1. The van der Waals surface area contributed by atoms with Crippen molar-refractivity contribution in [2.75, 3.05) is 6.54 Å². The van der Waals surface area contributed by atoms with Crippen LogP contribution >= 0.6 is 11.6 Å². The Morgan fingerprint density at radius 1 is 1.16 bits per heavy atom. The zero-order valence-corrected chi connectivity index (χ0v) is 12.9. The van der Waals surface area contributed by atoms with Crippen LogP contribution in [0.3, 0.4) is 0 Å². The third kappa shape index (κ3) is 3.97. The summed E-state index contributed by atoms with van der Waals surface area (Å²) in [6.07, 6.45) is 5.15. The molecular formula is C17H26ClN. The van der Waals surface area contributed by atoms with Gasteiger partial charge in [0.15, 0.2) is 0 Å². The molecule has 0 amide bonds. The Hall–Kier alpha value is -0.530. The van der Waals surface area contributed by atoms with Crippen LogP contribution < -0.4 is 5.73 Å². The van der Waals surface area contributed by atoms with Crippen molar-refractivity contribution in [1.29, 1.82) is 0 Å². The fourth-order valence-electron chi connectivity index (χ4n) is 3.45. The monoisotopic (exact) mass is 279 g/mol. The van der Waals surface area contributed by atoms with Gasteiger partial charge in [0.1, 0.15) is 0 Å². The van der Waals surface area contributed by atoms with E-state index in [0.717, 1.165) is 35.7 Å². The van der Waals surface area contributed by atoms with Crippen molar-refractivity contribution in [2.45, 2.75) is 39.5 Å². The van der Waals surface area contributed by atoms with E-state index in [1.54, 1.807) is 0 Å². The van der Waals surface area contributed by atoms with Crippen LogP contribution in [-0.2, 0) is 6.42 Å². The van der Waals surface area contributed by atoms with Gasteiger partial charge in [-0.2, -0.15) is 0 Å². The third-order valence-electron chi connectivity index (χ3n) is 4.84. The molecule has 0 radical (unpaired) electrons. The molecule has 1 aliphatic rings. The van der Waals surface area contributed by atoms with Crippen LogP contribution in [0.4, 0.5) is 0 Å². The van der Waals surface area contributed by atoms with Crippen molar-refractivity contribution >= 4 is 11.6 Å². The molecule has 2 N–H and O–H groups in total. The summed E-state index contributed by atoms with van der Waals surface area (Å²) in [6.45, 7) is 5.54. The lowest BCUT2D eigenvalue weighted by Crippen LogP contribution is -2.33. The lowest BCUT2D eigenvalue weighted by Gasteiger charge is -2.37. The van der Waals surface area contributed by atoms with Gasteiger partial charge in [0.05, 0.1) is 0 Å². The quantitative estimate of drug-likeness (QED) is 0.861. The van der Waals surface area contributed by atoms with E-state index >= 15 is 0 Å². The molecule has 19 heavy (non-hydrogen) atoms. The Morgan fingerprint density at radius 3 is 2.42 bits per heavy atom. The molecule has 2 rings (SSSR count). The fraction of sp³-hybridized carbons (Fsp3) is 0.647. The third-order valence-corrected chi connectivity index (χ3v) is 5.09. The van der Waals surface area contributed by atoms with Gasteiger partial charge in [0.2, 0.25) is 0 Å². The van der Waals surface area contributed by atoms with Gasteiger partial charge in [0, 0.05) is 5.02 Å². The van der Waals surface area contributed by atoms with Gasteiger partial charge < -0.3 is 5.73 Å². The zero-order valence-electron chi connectivity index (χ0n) is 12.1. The molecule has 1 aromatic rings. The Labute approximate surface area is 122 Å². The predicted molar refractivity (Wildman–Crippen MR) is 83.4 cm³/mol. The normalized spacial score (nSPS) is 27.7. The van der Waals surface area contributed by atoms with Crippen LogP contribution in [0.1, 0.15) is 38.7 Å². The summed E-state index contributed by atoms with van der Waals surface area (Å²) in [5.41, 5.74) is 7.37. The van der Waals surface area contributed by atoms with Gasteiger partial charge in [-0.1, -0.05) is 37.6 Å². The predicted octanol–water partition coefficient (Wildman–Crippen LogP) is 4.53. The lowest BCUT2D eigenvalue weighted by molar-refractivity contribution is 0.151. The van der Waals surface area contributed by atoms with Gasteiger partial charge in [0.25, 0.3) is 0 Å². The van der Waals surface area contributed by atoms with E-state index in [9.17, 15) is 0 Å². The number of rotatable bonds is 4. The maximum atomic E-state index is 5.97. The molecule has 3 atom stereocenters. The molecule has 106 valence electrons. The Morgan fingerprint density at radius 2 is 1.84 bits per heavy atom. The summed E-state index contributed by atoms with van der Waals surface area (Å²) in [4.78, 5) is 0. The number of hydrogen-bond acceptors (Lipinski definition) is 1. The van der Waals surface area contributed by atoms with Gasteiger partial charge >= 0.3 is 0 Å². The van der Waals surface area contributed by atoms with Gasteiger partial charge in [-0.25, -0.2) is 0 Å². The highest BCUT2D eigenvalue weighted by Crippen LogP contribution is 2.38. The van der Waals surface area contributed by atoms with Gasteiger partial charge in [-0.3, -0.25) is 0 Å². The maximum Gasteiger partial charge on any atom is 0.0406 e. The number of hydrogen-bond donors (Lipinski definition) is 1. The molecule has 3 unspecified atom stereocenters. The first-order valence-corrected chi connectivity index (χ1v) is 7.92. The highest BCUT2D eigenvalue weighted by atomic mass is 35.5. The second-order valence-electron chi connectivity index (χ2n) is 6.40. The van der Waals surface area contributed by atoms with Crippen LogP contribution in [0.15, 0.2) is 24.3 Å². The highest BCUT2D eigenvalue weighted by molar-refractivity contribution is 6.30. The largest absolute Gasteiger partial charge is 0.330 e. The molecule has 1 fully saturated rings. The summed E-state index contributed by atoms with van der Waals surface area (Å²) in [6, 6.07) is 8.32. The van der Waals surface area contributed by atoms with Crippen molar-refractivity contribution in [1.82, 2.24) is 0 Å². The summed E-state index contributed by atoms with van der Waals surface area (Å²) in [5.74, 6) is 3.12. The second kappa shape index (κ2) is 6.76. The zero-order chi connectivity index (χ0) is 13.8. The smallest absolute Gasteiger partial charge is 0.0406 e. The van der Waals surface area contributed by atoms with E-state index in [0.29, 0.717) is 5.92 Å². The van der Waals surface area contributed by atoms with Crippen molar-refractivity contribution in [2.24, 2.45) is 29.4 Å². The maximum absolute atomic E-state index is 5.97. The van der Waals surface area contributed by atoms with Gasteiger partial charge in [-0.15, -0.1) is 0 Å². The van der Waals surface area contributed by atoms with E-state index in [2.05, 4.69) is 26.0 Å². The molecule has 1 saturated carbocycles. The average molecular weight is 280 g/mol. The minimum atomic E-state index is 0.700. The second-order valence-corrected chi connectivity index (χ2v) is 6.84. The first-order chi connectivity index (χ1) is 9.10. The number of halogens is 1.